The van der Waals surface area contributed by atoms with Gasteiger partial charge in [0.15, 0.2) is 0 Å². The zero-order valence-corrected chi connectivity index (χ0v) is 10.6. The zero-order chi connectivity index (χ0) is 12.5. The number of benzene rings is 2. The van der Waals surface area contributed by atoms with Crippen LogP contribution in [0, 0.1) is 5.82 Å². The Morgan fingerprint density at radius 1 is 1.17 bits per heavy atom. The molecule has 2 aromatic carbocycles. The summed E-state index contributed by atoms with van der Waals surface area (Å²) in [6, 6.07) is 13.0. The van der Waals surface area contributed by atoms with E-state index in [1.54, 1.807) is 6.07 Å². The lowest BCUT2D eigenvalue weighted by Crippen LogP contribution is -2.19. The highest BCUT2D eigenvalue weighted by Crippen LogP contribution is 2.30. The third-order valence-electron chi connectivity index (χ3n) is 3.36. The maximum Gasteiger partial charge on any atom is 0.124 e. The summed E-state index contributed by atoms with van der Waals surface area (Å²) in [5.74, 6) is -0.287. The summed E-state index contributed by atoms with van der Waals surface area (Å²) in [6.07, 6.45) is 1.06. The number of hydrogen-bond acceptors (Lipinski definition) is 1. The van der Waals surface area contributed by atoms with Crippen molar-refractivity contribution >= 4 is 17.3 Å². The first-order valence-corrected chi connectivity index (χ1v) is 6.38. The first-order valence-electron chi connectivity index (χ1n) is 6.01. The van der Waals surface area contributed by atoms with Crippen molar-refractivity contribution in [3.05, 3.63) is 64.4 Å². The summed E-state index contributed by atoms with van der Waals surface area (Å²) in [7, 11) is 0. The predicted octanol–water partition coefficient (Wildman–Crippen LogP) is 4.04. The smallest absolute Gasteiger partial charge is 0.124 e. The van der Waals surface area contributed by atoms with Crippen LogP contribution in [0.15, 0.2) is 42.5 Å². The van der Waals surface area contributed by atoms with E-state index in [9.17, 15) is 4.39 Å². The van der Waals surface area contributed by atoms with Gasteiger partial charge in [0.2, 0.25) is 0 Å². The van der Waals surface area contributed by atoms with Crippen LogP contribution in [0.3, 0.4) is 0 Å². The second-order valence-corrected chi connectivity index (χ2v) is 4.94. The van der Waals surface area contributed by atoms with Crippen LogP contribution in [-0.2, 0) is 13.0 Å². The number of rotatable bonds is 2. The van der Waals surface area contributed by atoms with E-state index in [1.807, 2.05) is 6.07 Å². The third kappa shape index (κ3) is 2.08. The number of hydrogen-bond donors (Lipinski definition) is 0. The number of para-hydroxylation sites is 1. The van der Waals surface area contributed by atoms with Crippen LogP contribution in [0.4, 0.5) is 10.1 Å². The lowest BCUT2D eigenvalue weighted by molar-refractivity contribution is 0.627. The molecule has 0 saturated heterocycles. The van der Waals surface area contributed by atoms with Crippen LogP contribution in [-0.4, -0.2) is 6.54 Å². The van der Waals surface area contributed by atoms with Gasteiger partial charge in [0.1, 0.15) is 5.82 Å². The Morgan fingerprint density at radius 3 is 2.83 bits per heavy atom. The number of fused-ring (bicyclic) bond motifs is 1. The fourth-order valence-electron chi connectivity index (χ4n) is 2.43. The van der Waals surface area contributed by atoms with Crippen molar-refractivity contribution in [1.29, 1.82) is 0 Å². The molecule has 0 spiro atoms. The molecule has 0 aromatic heterocycles. The van der Waals surface area contributed by atoms with Crippen LogP contribution >= 0.6 is 11.6 Å². The standard InChI is InChI=1S/C15H13ClFN/c16-14-9-13(17)6-5-12(14)10-18-8-7-11-3-1-2-4-15(11)18/h1-6,9H,7-8,10H2. The number of halogens is 2. The van der Waals surface area contributed by atoms with E-state index in [1.165, 1.54) is 23.4 Å². The molecular weight excluding hydrogens is 249 g/mol. The molecule has 1 aliphatic rings. The Bertz CT molecular complexity index is 582. The normalized spacial score (nSPS) is 13.8. The molecule has 0 radical (unpaired) electrons. The van der Waals surface area contributed by atoms with E-state index in [2.05, 4.69) is 23.1 Å². The molecule has 0 amide bonds. The highest BCUT2D eigenvalue weighted by Gasteiger charge is 2.19. The molecule has 0 N–H and O–H groups in total. The fraction of sp³-hybridized carbons (Fsp3) is 0.200. The van der Waals surface area contributed by atoms with E-state index < -0.39 is 0 Å². The Balaban J connectivity index is 1.86. The molecule has 92 valence electrons. The molecule has 1 heterocycles. The van der Waals surface area contributed by atoms with Crippen LogP contribution in [0.25, 0.3) is 0 Å². The molecule has 1 aliphatic heterocycles. The average molecular weight is 262 g/mol. The van der Waals surface area contributed by atoms with Gasteiger partial charge in [-0.3, -0.25) is 0 Å². The van der Waals surface area contributed by atoms with E-state index in [4.69, 9.17) is 11.6 Å². The van der Waals surface area contributed by atoms with Crippen LogP contribution in [0.2, 0.25) is 5.02 Å². The lowest BCUT2D eigenvalue weighted by atomic mass is 10.1. The molecular formula is C15H13ClFN. The Labute approximate surface area is 111 Å². The van der Waals surface area contributed by atoms with E-state index in [0.29, 0.717) is 5.02 Å². The Hall–Kier alpha value is -1.54. The summed E-state index contributed by atoms with van der Waals surface area (Å²) >= 11 is 6.07. The molecule has 0 aliphatic carbocycles. The molecule has 0 bridgehead atoms. The van der Waals surface area contributed by atoms with Gasteiger partial charge < -0.3 is 4.90 Å². The summed E-state index contributed by atoms with van der Waals surface area (Å²) < 4.78 is 13.0. The summed E-state index contributed by atoms with van der Waals surface area (Å²) in [4.78, 5) is 2.29. The van der Waals surface area contributed by atoms with Gasteiger partial charge in [-0.1, -0.05) is 35.9 Å². The average Bonchev–Trinajstić information content (AvgIpc) is 2.76. The Kier molecular flexibility index (Phi) is 2.96. The molecule has 3 heteroatoms. The first kappa shape index (κ1) is 11.5. The minimum absolute atomic E-state index is 0.287. The predicted molar refractivity (Wildman–Crippen MR) is 72.6 cm³/mol. The van der Waals surface area contributed by atoms with Crippen molar-refractivity contribution in [3.8, 4) is 0 Å². The van der Waals surface area contributed by atoms with Crippen LogP contribution in [0.5, 0.6) is 0 Å². The molecule has 0 fully saturated rings. The fourth-order valence-corrected chi connectivity index (χ4v) is 2.65. The van der Waals surface area contributed by atoms with Crippen molar-refractivity contribution in [2.45, 2.75) is 13.0 Å². The van der Waals surface area contributed by atoms with E-state index >= 15 is 0 Å². The minimum atomic E-state index is -0.287. The number of nitrogens with zero attached hydrogens (tertiary/aromatic N) is 1. The minimum Gasteiger partial charge on any atom is -0.367 e. The summed E-state index contributed by atoms with van der Waals surface area (Å²) in [5.41, 5.74) is 3.60. The van der Waals surface area contributed by atoms with Gasteiger partial charge in [-0.2, -0.15) is 0 Å². The molecule has 18 heavy (non-hydrogen) atoms. The van der Waals surface area contributed by atoms with Gasteiger partial charge in [-0.25, -0.2) is 4.39 Å². The molecule has 3 rings (SSSR count). The molecule has 0 unspecified atom stereocenters. The molecule has 1 nitrogen and oxygen atoms in total. The summed E-state index contributed by atoms with van der Waals surface area (Å²) in [5, 5.41) is 0.499. The SMILES string of the molecule is Fc1ccc(CN2CCc3ccccc32)c(Cl)c1. The largest absolute Gasteiger partial charge is 0.367 e. The second-order valence-electron chi connectivity index (χ2n) is 4.54. The van der Waals surface area contributed by atoms with Crippen molar-refractivity contribution in [1.82, 2.24) is 0 Å². The van der Waals surface area contributed by atoms with Crippen molar-refractivity contribution in [2.24, 2.45) is 0 Å². The van der Waals surface area contributed by atoms with Crippen molar-refractivity contribution < 1.29 is 4.39 Å². The van der Waals surface area contributed by atoms with Gasteiger partial charge in [0.05, 0.1) is 0 Å². The Morgan fingerprint density at radius 2 is 2.00 bits per heavy atom. The zero-order valence-electron chi connectivity index (χ0n) is 9.87. The topological polar surface area (TPSA) is 3.24 Å². The van der Waals surface area contributed by atoms with Gasteiger partial charge in [-0.15, -0.1) is 0 Å². The molecule has 0 atom stereocenters. The van der Waals surface area contributed by atoms with Crippen molar-refractivity contribution in [2.75, 3.05) is 11.4 Å². The molecule has 0 saturated carbocycles. The lowest BCUT2D eigenvalue weighted by Gasteiger charge is -2.20. The van der Waals surface area contributed by atoms with Gasteiger partial charge >= 0.3 is 0 Å². The highest BCUT2D eigenvalue weighted by molar-refractivity contribution is 6.31. The van der Waals surface area contributed by atoms with Gasteiger partial charge in [-0.05, 0) is 35.7 Å². The van der Waals surface area contributed by atoms with E-state index in [0.717, 1.165) is 25.1 Å². The molecule has 2 aromatic rings. The number of anilines is 1. The maximum absolute atomic E-state index is 13.0. The highest BCUT2D eigenvalue weighted by atomic mass is 35.5. The maximum atomic E-state index is 13.0. The second kappa shape index (κ2) is 4.62. The quantitative estimate of drug-likeness (QED) is 0.789. The van der Waals surface area contributed by atoms with Crippen LogP contribution < -0.4 is 4.90 Å². The van der Waals surface area contributed by atoms with Crippen LogP contribution in [0.1, 0.15) is 11.1 Å². The van der Waals surface area contributed by atoms with Crippen molar-refractivity contribution in [3.63, 3.8) is 0 Å². The summed E-state index contributed by atoms with van der Waals surface area (Å²) in [6.45, 7) is 1.73. The van der Waals surface area contributed by atoms with Gasteiger partial charge in [0.25, 0.3) is 0 Å². The first-order chi connectivity index (χ1) is 8.74. The third-order valence-corrected chi connectivity index (χ3v) is 3.71. The van der Waals surface area contributed by atoms with Gasteiger partial charge in [0, 0.05) is 23.8 Å². The monoisotopic (exact) mass is 261 g/mol. The van der Waals surface area contributed by atoms with E-state index in [-0.39, 0.29) is 5.82 Å².